The molecule has 0 heterocycles. The van der Waals surface area contributed by atoms with Gasteiger partial charge in [-0.2, -0.15) is 0 Å². The van der Waals surface area contributed by atoms with Crippen LogP contribution in [0.1, 0.15) is 68.0 Å². The molecule has 1 heteroatoms. The van der Waals surface area contributed by atoms with Crippen LogP contribution in [-0.4, -0.2) is 0 Å². The minimum atomic E-state index is 0.455. The van der Waals surface area contributed by atoms with E-state index in [1.165, 1.54) is 44.1 Å². The number of hydrogen-bond donors (Lipinski definition) is 0. The number of hydrogen-bond acceptors (Lipinski definition) is 0. The maximum absolute atomic E-state index is 3.91. The van der Waals surface area contributed by atoms with Crippen LogP contribution in [0.4, 0.5) is 0 Å². The fraction of sp³-hybridized carbons (Fsp3) is 0.647. The zero-order valence-electron chi connectivity index (χ0n) is 11.9. The number of fused-ring (bicyclic) bond motifs is 1. The first kappa shape index (κ1) is 14.1. The highest BCUT2D eigenvalue weighted by Gasteiger charge is 2.28. The molecule has 0 aromatic heterocycles. The molecule has 0 bridgehead atoms. The SMILES string of the molecule is CCCCc1ccc2c(c1)C(Br)CC(C)(C)CC2. The van der Waals surface area contributed by atoms with Crippen LogP contribution in [0.15, 0.2) is 18.2 Å². The summed E-state index contributed by atoms with van der Waals surface area (Å²) in [6, 6.07) is 7.16. The van der Waals surface area contributed by atoms with Crippen molar-refractivity contribution >= 4 is 15.9 Å². The van der Waals surface area contributed by atoms with Crippen LogP contribution in [0, 0.1) is 5.41 Å². The number of aryl methyl sites for hydroxylation is 2. The quantitative estimate of drug-likeness (QED) is 0.487. The lowest BCUT2D eigenvalue weighted by Gasteiger charge is -2.24. The van der Waals surface area contributed by atoms with Gasteiger partial charge in [-0.05, 0) is 54.2 Å². The largest absolute Gasteiger partial charge is 0.0838 e. The second-order valence-corrected chi connectivity index (χ2v) is 7.58. The highest BCUT2D eigenvalue weighted by molar-refractivity contribution is 9.09. The second-order valence-electron chi connectivity index (χ2n) is 6.47. The molecular formula is C17H25Br. The van der Waals surface area contributed by atoms with Gasteiger partial charge in [0.1, 0.15) is 0 Å². The van der Waals surface area contributed by atoms with Crippen LogP contribution in [0.25, 0.3) is 0 Å². The Balaban J connectivity index is 2.24. The Labute approximate surface area is 120 Å². The van der Waals surface area contributed by atoms with E-state index in [2.05, 4.69) is 54.9 Å². The zero-order chi connectivity index (χ0) is 13.2. The van der Waals surface area contributed by atoms with Gasteiger partial charge in [-0.25, -0.2) is 0 Å². The van der Waals surface area contributed by atoms with Gasteiger partial charge in [0.15, 0.2) is 0 Å². The van der Waals surface area contributed by atoms with E-state index in [0.717, 1.165) is 0 Å². The summed E-state index contributed by atoms with van der Waals surface area (Å²) in [5.41, 5.74) is 5.08. The predicted octanol–water partition coefficient (Wildman–Crippen LogP) is 5.83. The summed E-state index contributed by atoms with van der Waals surface area (Å²) in [6.45, 7) is 7.05. The number of alkyl halides is 1. The van der Waals surface area contributed by atoms with Gasteiger partial charge in [0.05, 0.1) is 0 Å². The molecule has 0 fully saturated rings. The maximum atomic E-state index is 3.91. The standard InChI is InChI=1S/C17H25Br/c1-4-5-6-13-7-8-14-9-10-17(2,3)12-16(18)15(14)11-13/h7-8,11,16H,4-6,9-10,12H2,1-3H3. The average Bonchev–Trinajstić information content (AvgIpc) is 2.44. The van der Waals surface area contributed by atoms with Gasteiger partial charge in [0.25, 0.3) is 0 Å². The Kier molecular flexibility index (Phi) is 4.53. The van der Waals surface area contributed by atoms with E-state index in [4.69, 9.17) is 0 Å². The van der Waals surface area contributed by atoms with E-state index in [1.807, 2.05) is 0 Å². The molecule has 100 valence electrons. The van der Waals surface area contributed by atoms with E-state index in [1.54, 1.807) is 11.1 Å². The predicted molar refractivity (Wildman–Crippen MR) is 83.4 cm³/mol. The molecule has 0 spiro atoms. The first-order valence-electron chi connectivity index (χ1n) is 7.27. The fourth-order valence-corrected chi connectivity index (χ4v) is 4.17. The molecule has 1 aromatic carbocycles. The van der Waals surface area contributed by atoms with Crippen molar-refractivity contribution in [2.75, 3.05) is 0 Å². The van der Waals surface area contributed by atoms with E-state index in [-0.39, 0.29) is 0 Å². The summed E-state index contributed by atoms with van der Waals surface area (Å²) in [5.74, 6) is 0. The van der Waals surface area contributed by atoms with Crippen molar-refractivity contribution in [1.82, 2.24) is 0 Å². The van der Waals surface area contributed by atoms with Gasteiger partial charge in [0.2, 0.25) is 0 Å². The Bertz CT molecular complexity index is 406. The third-order valence-electron chi connectivity index (χ3n) is 4.17. The first-order chi connectivity index (χ1) is 8.52. The maximum Gasteiger partial charge on any atom is 0.0403 e. The van der Waals surface area contributed by atoms with Crippen molar-refractivity contribution in [3.63, 3.8) is 0 Å². The molecule has 0 saturated carbocycles. The molecule has 0 nitrogen and oxygen atoms in total. The molecule has 18 heavy (non-hydrogen) atoms. The molecule has 1 unspecified atom stereocenters. The molecule has 0 saturated heterocycles. The van der Waals surface area contributed by atoms with E-state index >= 15 is 0 Å². The molecule has 1 aliphatic rings. The summed E-state index contributed by atoms with van der Waals surface area (Å²) in [7, 11) is 0. The van der Waals surface area contributed by atoms with Gasteiger partial charge in [-0.3, -0.25) is 0 Å². The summed E-state index contributed by atoms with van der Waals surface area (Å²) in [6.07, 6.45) is 7.60. The van der Waals surface area contributed by atoms with Crippen LogP contribution in [0.2, 0.25) is 0 Å². The Morgan fingerprint density at radius 3 is 2.83 bits per heavy atom. The van der Waals surface area contributed by atoms with Crippen LogP contribution in [-0.2, 0) is 12.8 Å². The Morgan fingerprint density at radius 1 is 1.33 bits per heavy atom. The summed E-state index contributed by atoms with van der Waals surface area (Å²) in [4.78, 5) is 0.534. The Hall–Kier alpha value is -0.300. The summed E-state index contributed by atoms with van der Waals surface area (Å²) >= 11 is 3.91. The van der Waals surface area contributed by atoms with Crippen LogP contribution in [0.5, 0.6) is 0 Å². The normalized spacial score (nSPS) is 22.3. The van der Waals surface area contributed by atoms with Crippen molar-refractivity contribution in [1.29, 1.82) is 0 Å². The van der Waals surface area contributed by atoms with Crippen molar-refractivity contribution in [2.45, 2.75) is 64.1 Å². The lowest BCUT2D eigenvalue weighted by Crippen LogP contribution is -2.11. The molecule has 0 N–H and O–H groups in total. The van der Waals surface area contributed by atoms with E-state index in [0.29, 0.717) is 10.2 Å². The summed E-state index contributed by atoms with van der Waals surface area (Å²) < 4.78 is 0. The molecular weight excluding hydrogens is 284 g/mol. The lowest BCUT2D eigenvalue weighted by molar-refractivity contribution is 0.316. The molecule has 0 aliphatic heterocycles. The second kappa shape index (κ2) is 5.77. The minimum absolute atomic E-state index is 0.455. The van der Waals surface area contributed by atoms with Crippen molar-refractivity contribution < 1.29 is 0 Å². The average molecular weight is 309 g/mol. The third-order valence-corrected chi connectivity index (χ3v) is 4.99. The van der Waals surface area contributed by atoms with Gasteiger partial charge in [-0.1, -0.05) is 61.3 Å². The highest BCUT2D eigenvalue weighted by Crippen LogP contribution is 2.43. The van der Waals surface area contributed by atoms with Gasteiger partial charge in [-0.15, -0.1) is 0 Å². The monoisotopic (exact) mass is 308 g/mol. The van der Waals surface area contributed by atoms with Gasteiger partial charge >= 0.3 is 0 Å². The topological polar surface area (TPSA) is 0 Å². The Morgan fingerprint density at radius 2 is 2.11 bits per heavy atom. The number of unbranched alkanes of at least 4 members (excludes halogenated alkanes) is 1. The molecule has 0 amide bonds. The summed E-state index contributed by atoms with van der Waals surface area (Å²) in [5, 5.41) is 0. The molecule has 1 atom stereocenters. The van der Waals surface area contributed by atoms with Gasteiger partial charge in [0, 0.05) is 4.83 Å². The van der Waals surface area contributed by atoms with E-state index in [9.17, 15) is 0 Å². The van der Waals surface area contributed by atoms with Crippen molar-refractivity contribution in [3.8, 4) is 0 Å². The third kappa shape index (κ3) is 3.38. The molecule has 0 radical (unpaired) electrons. The molecule has 1 aromatic rings. The number of benzene rings is 1. The van der Waals surface area contributed by atoms with Crippen LogP contribution < -0.4 is 0 Å². The van der Waals surface area contributed by atoms with Crippen molar-refractivity contribution in [2.24, 2.45) is 5.41 Å². The lowest BCUT2D eigenvalue weighted by atomic mass is 9.84. The smallest absolute Gasteiger partial charge is 0.0403 e. The van der Waals surface area contributed by atoms with Crippen LogP contribution >= 0.6 is 15.9 Å². The number of rotatable bonds is 3. The highest BCUT2D eigenvalue weighted by atomic mass is 79.9. The van der Waals surface area contributed by atoms with Crippen molar-refractivity contribution in [3.05, 3.63) is 34.9 Å². The van der Waals surface area contributed by atoms with Gasteiger partial charge < -0.3 is 0 Å². The fourth-order valence-electron chi connectivity index (χ4n) is 2.87. The molecule has 2 rings (SSSR count). The first-order valence-corrected chi connectivity index (χ1v) is 8.19. The van der Waals surface area contributed by atoms with E-state index < -0.39 is 0 Å². The van der Waals surface area contributed by atoms with Crippen LogP contribution in [0.3, 0.4) is 0 Å². The number of halogens is 1. The minimum Gasteiger partial charge on any atom is -0.0838 e. The molecule has 1 aliphatic carbocycles. The zero-order valence-corrected chi connectivity index (χ0v) is 13.5.